The lowest BCUT2D eigenvalue weighted by Crippen LogP contribution is -2.53. The number of rotatable bonds is 0. The fourth-order valence-electron chi connectivity index (χ4n) is 1.36. The monoisotopic (exact) mass is 176 g/mol. The molecule has 0 amide bonds. The van der Waals surface area contributed by atoms with Crippen LogP contribution in [-0.4, -0.2) is 19.9 Å². The molecule has 1 saturated heterocycles. The molecule has 3 heteroatoms. The van der Waals surface area contributed by atoms with Crippen molar-refractivity contribution in [3.63, 3.8) is 0 Å². The SMILES string of the molecule is CC(C)(C)C1(C)CS(=O)(=O)C1. The van der Waals surface area contributed by atoms with Crippen molar-refractivity contribution in [3.05, 3.63) is 0 Å². The second-order valence-corrected chi connectivity index (χ2v) is 6.91. The van der Waals surface area contributed by atoms with E-state index in [1.54, 1.807) is 0 Å². The third kappa shape index (κ3) is 1.43. The van der Waals surface area contributed by atoms with Gasteiger partial charge in [0.15, 0.2) is 9.84 Å². The molecule has 0 saturated carbocycles. The molecule has 1 aliphatic heterocycles. The molecule has 0 N–H and O–H groups in total. The zero-order valence-electron chi connectivity index (χ0n) is 7.64. The third-order valence-electron chi connectivity index (χ3n) is 2.89. The Bertz CT molecular complexity index is 244. The lowest BCUT2D eigenvalue weighted by Gasteiger charge is -2.48. The van der Waals surface area contributed by atoms with Gasteiger partial charge in [0.25, 0.3) is 0 Å². The molecule has 66 valence electrons. The van der Waals surface area contributed by atoms with Crippen LogP contribution in [-0.2, 0) is 9.84 Å². The Labute approximate surface area is 68.9 Å². The van der Waals surface area contributed by atoms with Crippen molar-refractivity contribution in [2.24, 2.45) is 10.8 Å². The molecule has 0 aliphatic carbocycles. The highest BCUT2D eigenvalue weighted by Crippen LogP contribution is 2.46. The fourth-order valence-corrected chi connectivity index (χ4v) is 4.08. The first-order chi connectivity index (χ1) is 4.66. The first-order valence-electron chi connectivity index (χ1n) is 3.87. The molecule has 0 spiro atoms. The van der Waals surface area contributed by atoms with Crippen LogP contribution in [0.2, 0.25) is 0 Å². The van der Waals surface area contributed by atoms with E-state index in [9.17, 15) is 8.42 Å². The summed E-state index contributed by atoms with van der Waals surface area (Å²) in [6.45, 7) is 8.35. The van der Waals surface area contributed by atoms with E-state index in [0.29, 0.717) is 11.5 Å². The van der Waals surface area contributed by atoms with Crippen LogP contribution in [0.4, 0.5) is 0 Å². The van der Waals surface area contributed by atoms with Crippen molar-refractivity contribution in [1.29, 1.82) is 0 Å². The molecule has 0 aromatic rings. The molecular formula is C8H16O2S. The van der Waals surface area contributed by atoms with Crippen molar-refractivity contribution in [1.82, 2.24) is 0 Å². The van der Waals surface area contributed by atoms with E-state index in [1.165, 1.54) is 0 Å². The van der Waals surface area contributed by atoms with Gasteiger partial charge in [-0.3, -0.25) is 0 Å². The zero-order chi connectivity index (χ0) is 8.91. The van der Waals surface area contributed by atoms with E-state index >= 15 is 0 Å². The van der Waals surface area contributed by atoms with Gasteiger partial charge >= 0.3 is 0 Å². The lowest BCUT2D eigenvalue weighted by atomic mass is 9.70. The van der Waals surface area contributed by atoms with Crippen LogP contribution in [0.25, 0.3) is 0 Å². The maximum absolute atomic E-state index is 10.9. The molecule has 0 unspecified atom stereocenters. The van der Waals surface area contributed by atoms with Crippen molar-refractivity contribution in [2.75, 3.05) is 11.5 Å². The van der Waals surface area contributed by atoms with Gasteiger partial charge in [0.05, 0.1) is 11.5 Å². The second kappa shape index (κ2) is 2.00. The van der Waals surface area contributed by atoms with Crippen LogP contribution in [0.3, 0.4) is 0 Å². The Hall–Kier alpha value is -0.0500. The molecule has 0 radical (unpaired) electrons. The van der Waals surface area contributed by atoms with E-state index in [4.69, 9.17) is 0 Å². The van der Waals surface area contributed by atoms with Gasteiger partial charge in [-0.2, -0.15) is 0 Å². The molecule has 1 fully saturated rings. The summed E-state index contributed by atoms with van der Waals surface area (Å²) in [5.74, 6) is 0.729. The predicted octanol–water partition coefficient (Wildman–Crippen LogP) is 1.47. The zero-order valence-corrected chi connectivity index (χ0v) is 8.46. The highest BCUT2D eigenvalue weighted by Gasteiger charge is 2.51. The summed E-state index contributed by atoms with van der Waals surface area (Å²) in [6, 6.07) is 0. The summed E-state index contributed by atoms with van der Waals surface area (Å²) in [5.41, 5.74) is 0.115. The maximum atomic E-state index is 10.9. The average Bonchev–Trinajstić information content (AvgIpc) is 1.55. The highest BCUT2D eigenvalue weighted by atomic mass is 32.2. The minimum absolute atomic E-state index is 0.00579. The smallest absolute Gasteiger partial charge is 0.151 e. The van der Waals surface area contributed by atoms with E-state index in [-0.39, 0.29) is 10.8 Å². The van der Waals surface area contributed by atoms with Crippen molar-refractivity contribution in [2.45, 2.75) is 27.7 Å². The van der Waals surface area contributed by atoms with Gasteiger partial charge in [0.1, 0.15) is 0 Å². The van der Waals surface area contributed by atoms with Gasteiger partial charge in [-0.25, -0.2) is 8.42 Å². The number of hydrogen-bond donors (Lipinski definition) is 0. The molecule has 1 rings (SSSR count). The van der Waals surface area contributed by atoms with Crippen molar-refractivity contribution in [3.8, 4) is 0 Å². The molecule has 1 aliphatic rings. The molecular weight excluding hydrogens is 160 g/mol. The van der Waals surface area contributed by atoms with Crippen LogP contribution in [0.1, 0.15) is 27.7 Å². The Kier molecular flexibility index (Phi) is 1.65. The van der Waals surface area contributed by atoms with Gasteiger partial charge in [-0.1, -0.05) is 27.7 Å². The van der Waals surface area contributed by atoms with Crippen LogP contribution in [0.5, 0.6) is 0 Å². The summed E-state index contributed by atoms with van der Waals surface area (Å²) < 4.78 is 21.9. The molecule has 0 atom stereocenters. The first kappa shape index (κ1) is 9.04. The predicted molar refractivity (Wildman–Crippen MR) is 46.2 cm³/mol. The average molecular weight is 176 g/mol. The lowest BCUT2D eigenvalue weighted by molar-refractivity contribution is 0.144. The Morgan fingerprint density at radius 2 is 1.55 bits per heavy atom. The summed E-state index contributed by atoms with van der Waals surface area (Å²) in [7, 11) is -2.67. The van der Waals surface area contributed by atoms with Crippen LogP contribution < -0.4 is 0 Å². The van der Waals surface area contributed by atoms with Gasteiger partial charge in [-0.05, 0) is 5.41 Å². The first-order valence-corrected chi connectivity index (χ1v) is 5.69. The van der Waals surface area contributed by atoms with Gasteiger partial charge < -0.3 is 0 Å². The third-order valence-corrected chi connectivity index (χ3v) is 5.04. The molecule has 0 aromatic heterocycles. The quantitative estimate of drug-likeness (QED) is 0.560. The molecule has 1 heterocycles. The van der Waals surface area contributed by atoms with Crippen LogP contribution >= 0.6 is 0 Å². The van der Waals surface area contributed by atoms with E-state index < -0.39 is 9.84 Å². The van der Waals surface area contributed by atoms with E-state index in [0.717, 1.165) is 0 Å². The largest absolute Gasteiger partial charge is 0.229 e. The van der Waals surface area contributed by atoms with Crippen molar-refractivity contribution >= 4 is 9.84 Å². The minimum Gasteiger partial charge on any atom is -0.229 e. The summed E-state index contributed by atoms with van der Waals surface area (Å²) >= 11 is 0. The second-order valence-electron chi connectivity index (χ2n) is 4.84. The van der Waals surface area contributed by atoms with Gasteiger partial charge in [0, 0.05) is 5.41 Å². The number of sulfone groups is 1. The number of hydrogen-bond acceptors (Lipinski definition) is 2. The van der Waals surface area contributed by atoms with Gasteiger partial charge in [0.2, 0.25) is 0 Å². The molecule has 11 heavy (non-hydrogen) atoms. The summed E-state index contributed by atoms with van der Waals surface area (Å²) in [5, 5.41) is 0. The standard InChI is InChI=1S/C8H16O2S/c1-7(2,3)8(4)5-11(9,10)6-8/h5-6H2,1-4H3. The fraction of sp³-hybridized carbons (Fsp3) is 1.00. The topological polar surface area (TPSA) is 34.1 Å². The normalized spacial score (nSPS) is 27.6. The Morgan fingerprint density at radius 3 is 1.64 bits per heavy atom. The molecule has 0 bridgehead atoms. The Morgan fingerprint density at radius 1 is 1.18 bits per heavy atom. The minimum atomic E-state index is -2.67. The molecule has 2 nitrogen and oxygen atoms in total. The van der Waals surface area contributed by atoms with E-state index in [2.05, 4.69) is 20.8 Å². The summed E-state index contributed by atoms with van der Waals surface area (Å²) in [4.78, 5) is 0. The van der Waals surface area contributed by atoms with Crippen LogP contribution in [0, 0.1) is 10.8 Å². The van der Waals surface area contributed by atoms with Crippen LogP contribution in [0.15, 0.2) is 0 Å². The van der Waals surface area contributed by atoms with Crippen molar-refractivity contribution < 1.29 is 8.42 Å². The van der Waals surface area contributed by atoms with E-state index in [1.807, 2.05) is 6.92 Å². The molecule has 0 aromatic carbocycles. The van der Waals surface area contributed by atoms with Gasteiger partial charge in [-0.15, -0.1) is 0 Å². The highest BCUT2D eigenvalue weighted by molar-refractivity contribution is 7.92. The Balaban J connectivity index is 2.79. The maximum Gasteiger partial charge on any atom is 0.151 e. The summed E-state index contributed by atoms with van der Waals surface area (Å²) in [6.07, 6.45) is 0.